The largest absolute Gasteiger partial charge is 0.481 e. The molecule has 0 fully saturated rings. The van der Waals surface area contributed by atoms with Crippen LogP contribution in [-0.4, -0.2) is 29.5 Å². The standard InChI is InChI=1S/C4H7BrO2.C3H6O2/c1-7-4(6)2-3-5;1-2-3(4)5/h2-3H2,1H3;2H2,1H3,(H,4,5). The molecule has 12 heavy (non-hydrogen) atoms. The maximum Gasteiger partial charge on any atom is 0.306 e. The number of rotatable bonds is 3. The summed E-state index contributed by atoms with van der Waals surface area (Å²) in [7, 11) is 1.38. The van der Waals surface area contributed by atoms with Crippen molar-refractivity contribution in [1.82, 2.24) is 0 Å². The maximum absolute atomic E-state index is 10.2. The van der Waals surface area contributed by atoms with E-state index in [2.05, 4.69) is 20.7 Å². The topological polar surface area (TPSA) is 63.6 Å². The van der Waals surface area contributed by atoms with Gasteiger partial charge in [-0.2, -0.15) is 0 Å². The first-order valence-corrected chi connectivity index (χ1v) is 4.55. The zero-order valence-corrected chi connectivity index (χ0v) is 8.76. The average Bonchev–Trinajstić information content (AvgIpc) is 2.06. The fourth-order valence-corrected chi connectivity index (χ4v) is 0.503. The summed E-state index contributed by atoms with van der Waals surface area (Å²) in [4.78, 5) is 19.5. The van der Waals surface area contributed by atoms with Crippen LogP contribution in [-0.2, 0) is 14.3 Å². The molecule has 0 bridgehead atoms. The predicted molar refractivity (Wildman–Crippen MR) is 48.4 cm³/mol. The van der Waals surface area contributed by atoms with Gasteiger partial charge in [-0.05, 0) is 0 Å². The molecule has 0 aromatic rings. The fraction of sp³-hybridized carbons (Fsp3) is 0.714. The van der Waals surface area contributed by atoms with E-state index in [0.29, 0.717) is 11.8 Å². The Bertz CT molecular complexity index is 135. The van der Waals surface area contributed by atoms with Crippen LogP contribution in [0.15, 0.2) is 0 Å². The number of ether oxygens (including phenoxy) is 1. The van der Waals surface area contributed by atoms with Crippen LogP contribution in [0.3, 0.4) is 0 Å². The van der Waals surface area contributed by atoms with E-state index >= 15 is 0 Å². The second-order valence-corrected chi connectivity index (χ2v) is 2.56. The van der Waals surface area contributed by atoms with Crippen molar-refractivity contribution in [3.8, 4) is 0 Å². The van der Waals surface area contributed by atoms with Gasteiger partial charge in [-0.25, -0.2) is 0 Å². The molecule has 0 atom stereocenters. The summed E-state index contributed by atoms with van der Waals surface area (Å²) in [6, 6.07) is 0. The number of alkyl halides is 1. The Morgan fingerprint density at radius 1 is 1.50 bits per heavy atom. The van der Waals surface area contributed by atoms with E-state index in [1.54, 1.807) is 6.92 Å². The van der Waals surface area contributed by atoms with Crippen molar-refractivity contribution < 1.29 is 19.4 Å². The van der Waals surface area contributed by atoms with E-state index < -0.39 is 5.97 Å². The number of carboxylic acids is 1. The Balaban J connectivity index is 0. The number of carbonyl (C=O) groups excluding carboxylic acids is 1. The van der Waals surface area contributed by atoms with E-state index in [4.69, 9.17) is 5.11 Å². The highest BCUT2D eigenvalue weighted by molar-refractivity contribution is 9.09. The Labute approximate surface area is 80.0 Å². The van der Waals surface area contributed by atoms with Gasteiger partial charge in [-0.15, -0.1) is 0 Å². The summed E-state index contributed by atoms with van der Waals surface area (Å²) in [5.74, 6) is -0.915. The number of aliphatic carboxylic acids is 1. The van der Waals surface area contributed by atoms with Gasteiger partial charge >= 0.3 is 11.9 Å². The average molecular weight is 241 g/mol. The van der Waals surface area contributed by atoms with Gasteiger partial charge in [0, 0.05) is 11.8 Å². The van der Waals surface area contributed by atoms with Crippen LogP contribution in [0.4, 0.5) is 0 Å². The van der Waals surface area contributed by atoms with Crippen LogP contribution in [0, 0.1) is 0 Å². The third-order valence-electron chi connectivity index (χ3n) is 0.829. The molecule has 0 spiro atoms. The minimum Gasteiger partial charge on any atom is -0.481 e. The number of hydrogen-bond acceptors (Lipinski definition) is 3. The van der Waals surface area contributed by atoms with Gasteiger partial charge < -0.3 is 9.84 Å². The zero-order valence-electron chi connectivity index (χ0n) is 7.17. The van der Waals surface area contributed by atoms with Crippen molar-refractivity contribution in [2.45, 2.75) is 19.8 Å². The summed E-state index contributed by atoms with van der Waals surface area (Å²) in [5, 5.41) is 8.40. The van der Waals surface area contributed by atoms with E-state index in [0.717, 1.165) is 0 Å². The van der Waals surface area contributed by atoms with Gasteiger partial charge in [0.05, 0.1) is 13.5 Å². The van der Waals surface area contributed by atoms with Crippen molar-refractivity contribution in [2.24, 2.45) is 0 Å². The summed E-state index contributed by atoms with van der Waals surface area (Å²) < 4.78 is 4.32. The smallest absolute Gasteiger partial charge is 0.306 e. The van der Waals surface area contributed by atoms with Crippen LogP contribution in [0.25, 0.3) is 0 Å². The van der Waals surface area contributed by atoms with Gasteiger partial charge in [-0.1, -0.05) is 22.9 Å². The molecule has 0 amide bonds. The van der Waals surface area contributed by atoms with Crippen molar-refractivity contribution in [2.75, 3.05) is 12.4 Å². The van der Waals surface area contributed by atoms with Crippen molar-refractivity contribution in [3.05, 3.63) is 0 Å². The van der Waals surface area contributed by atoms with Crippen molar-refractivity contribution in [1.29, 1.82) is 0 Å². The van der Waals surface area contributed by atoms with Crippen LogP contribution < -0.4 is 0 Å². The minimum atomic E-state index is -0.745. The maximum atomic E-state index is 10.2. The number of methoxy groups -OCH3 is 1. The van der Waals surface area contributed by atoms with Crippen LogP contribution in [0.1, 0.15) is 19.8 Å². The number of halogens is 1. The molecule has 0 rings (SSSR count). The lowest BCUT2D eigenvalue weighted by Crippen LogP contribution is -1.99. The molecule has 1 N–H and O–H groups in total. The quantitative estimate of drug-likeness (QED) is 0.599. The fourth-order valence-electron chi connectivity index (χ4n) is 0.179. The lowest BCUT2D eigenvalue weighted by molar-refractivity contribution is -0.140. The first-order valence-electron chi connectivity index (χ1n) is 3.43. The molecule has 0 aliphatic carbocycles. The van der Waals surface area contributed by atoms with E-state index in [9.17, 15) is 9.59 Å². The molecule has 0 aromatic heterocycles. The molecular formula is C7H13BrO4. The summed E-state index contributed by atoms with van der Waals surface area (Å²) in [6.07, 6.45) is 0.677. The van der Waals surface area contributed by atoms with Gasteiger partial charge in [-0.3, -0.25) is 9.59 Å². The van der Waals surface area contributed by atoms with Crippen LogP contribution in [0.2, 0.25) is 0 Å². The molecule has 0 saturated heterocycles. The number of carboxylic acid groups (broad SMARTS) is 1. The Morgan fingerprint density at radius 3 is 2.00 bits per heavy atom. The lowest BCUT2D eigenvalue weighted by Gasteiger charge is -1.90. The molecule has 0 heterocycles. The monoisotopic (exact) mass is 240 g/mol. The summed E-state index contributed by atoms with van der Waals surface area (Å²) >= 11 is 3.09. The molecule has 0 unspecified atom stereocenters. The first-order chi connectivity index (χ1) is 5.58. The lowest BCUT2D eigenvalue weighted by atomic mass is 10.5. The van der Waals surface area contributed by atoms with E-state index in [1.807, 2.05) is 0 Å². The highest BCUT2D eigenvalue weighted by Crippen LogP contribution is 1.88. The highest BCUT2D eigenvalue weighted by Gasteiger charge is 1.93. The van der Waals surface area contributed by atoms with Gasteiger partial charge in [0.1, 0.15) is 0 Å². The first kappa shape index (κ1) is 14.0. The van der Waals surface area contributed by atoms with Crippen molar-refractivity contribution in [3.63, 3.8) is 0 Å². The molecule has 0 radical (unpaired) electrons. The number of hydrogen-bond donors (Lipinski definition) is 1. The summed E-state index contributed by atoms with van der Waals surface area (Å²) in [6.45, 7) is 1.60. The molecule has 0 aliphatic rings. The third kappa shape index (κ3) is 16.2. The zero-order chi connectivity index (χ0) is 9.98. The van der Waals surface area contributed by atoms with E-state index in [-0.39, 0.29) is 12.4 Å². The second kappa shape index (κ2) is 10.4. The molecule has 72 valence electrons. The highest BCUT2D eigenvalue weighted by atomic mass is 79.9. The number of carbonyl (C=O) groups is 2. The second-order valence-electron chi connectivity index (χ2n) is 1.76. The normalized spacial score (nSPS) is 7.92. The Hall–Kier alpha value is -0.580. The van der Waals surface area contributed by atoms with Gasteiger partial charge in [0.2, 0.25) is 0 Å². The molecule has 0 aromatic carbocycles. The van der Waals surface area contributed by atoms with Crippen LogP contribution >= 0.6 is 15.9 Å². The molecule has 0 aliphatic heterocycles. The molecular weight excluding hydrogens is 228 g/mol. The molecule has 5 heteroatoms. The van der Waals surface area contributed by atoms with E-state index in [1.165, 1.54) is 7.11 Å². The number of esters is 1. The SMILES string of the molecule is CCC(=O)O.COC(=O)CCBr. The Morgan fingerprint density at radius 2 is 1.92 bits per heavy atom. The molecule has 0 saturated carbocycles. The predicted octanol–water partition coefficient (Wildman–Crippen LogP) is 1.43. The minimum absolute atomic E-state index is 0.170. The molecule has 4 nitrogen and oxygen atoms in total. The van der Waals surface area contributed by atoms with Gasteiger partial charge in [0.25, 0.3) is 0 Å². The Kier molecular flexibility index (Phi) is 12.1. The van der Waals surface area contributed by atoms with Gasteiger partial charge in [0.15, 0.2) is 0 Å². The third-order valence-corrected chi connectivity index (χ3v) is 1.23. The van der Waals surface area contributed by atoms with Crippen molar-refractivity contribution >= 4 is 27.9 Å². The summed E-state index contributed by atoms with van der Waals surface area (Å²) in [5.41, 5.74) is 0. The van der Waals surface area contributed by atoms with Crippen LogP contribution in [0.5, 0.6) is 0 Å².